The molecule has 2 rings (SSSR count). The quantitative estimate of drug-likeness (QED) is 0.470. The maximum atomic E-state index is 11.8. The fourth-order valence-corrected chi connectivity index (χ4v) is 1.84. The zero-order chi connectivity index (χ0) is 16.7. The highest BCUT2D eigenvalue weighted by Gasteiger charge is 2.15. The van der Waals surface area contributed by atoms with Gasteiger partial charge in [0, 0.05) is 17.2 Å². The Morgan fingerprint density at radius 1 is 1.39 bits per heavy atom. The lowest BCUT2D eigenvalue weighted by Gasteiger charge is -2.05. The number of nitrogens with zero attached hydrogens (tertiary/aromatic N) is 5. The molecule has 0 unspecified atom stereocenters. The predicted octanol–water partition coefficient (Wildman–Crippen LogP) is 1.31. The summed E-state index contributed by atoms with van der Waals surface area (Å²) >= 11 is 0. The van der Waals surface area contributed by atoms with Crippen LogP contribution in [0.4, 0.5) is 5.95 Å². The first-order valence-electron chi connectivity index (χ1n) is 7.00. The third-order valence-corrected chi connectivity index (χ3v) is 2.99. The number of carbonyl (C=O) groups is 1. The van der Waals surface area contributed by atoms with Crippen LogP contribution >= 0.6 is 0 Å². The number of rotatable bonds is 7. The summed E-state index contributed by atoms with van der Waals surface area (Å²) in [4.78, 5) is 25.0. The summed E-state index contributed by atoms with van der Waals surface area (Å²) in [5.74, 6) is -0.969. The highest BCUT2D eigenvalue weighted by atomic mass is 16.6. The van der Waals surface area contributed by atoms with E-state index < -0.39 is 16.8 Å². The smallest absolute Gasteiger partial charge is 0.390 e. The van der Waals surface area contributed by atoms with Gasteiger partial charge in [-0.25, -0.2) is 5.43 Å². The Bertz CT molecular complexity index is 710. The van der Waals surface area contributed by atoms with E-state index in [4.69, 9.17) is 0 Å². The largest absolute Gasteiger partial charge is 0.490 e. The maximum Gasteiger partial charge on any atom is 0.490 e. The first-order valence-corrected chi connectivity index (χ1v) is 7.00. The van der Waals surface area contributed by atoms with Crippen molar-refractivity contribution < 1.29 is 9.72 Å². The van der Waals surface area contributed by atoms with Crippen molar-refractivity contribution in [3.8, 4) is 0 Å². The molecule has 1 aromatic carbocycles. The van der Waals surface area contributed by atoms with Crippen molar-refractivity contribution in [3.05, 3.63) is 52.3 Å². The molecule has 0 spiro atoms. The topological polar surface area (TPSA) is 115 Å². The molecule has 0 aliphatic carbocycles. The molecular formula is C14H16N6O3. The molecule has 0 bridgehead atoms. The second-order valence-electron chi connectivity index (χ2n) is 4.73. The molecule has 9 nitrogen and oxygen atoms in total. The van der Waals surface area contributed by atoms with Crippen LogP contribution in [0.2, 0.25) is 0 Å². The summed E-state index contributed by atoms with van der Waals surface area (Å²) in [6, 6.07) is 9.80. The van der Waals surface area contributed by atoms with Crippen molar-refractivity contribution in [3.63, 3.8) is 0 Å². The molecule has 1 aromatic heterocycles. The number of nitrogens with one attached hydrogen (secondary N) is 1. The Morgan fingerprint density at radius 2 is 2.13 bits per heavy atom. The highest BCUT2D eigenvalue weighted by Crippen LogP contribution is 2.03. The number of nitro groups is 1. The Kier molecular flexibility index (Phi) is 5.50. The van der Waals surface area contributed by atoms with Gasteiger partial charge in [-0.2, -0.15) is 9.78 Å². The van der Waals surface area contributed by atoms with Crippen LogP contribution in [0.1, 0.15) is 18.9 Å². The van der Waals surface area contributed by atoms with Gasteiger partial charge in [0.1, 0.15) is 6.54 Å². The van der Waals surface area contributed by atoms with Gasteiger partial charge in [-0.1, -0.05) is 42.2 Å². The van der Waals surface area contributed by atoms with Crippen molar-refractivity contribution in [2.75, 3.05) is 0 Å². The van der Waals surface area contributed by atoms with Crippen molar-refractivity contribution >= 4 is 17.6 Å². The summed E-state index contributed by atoms with van der Waals surface area (Å²) < 4.78 is 1.09. The molecule has 0 aliphatic rings. The molecule has 120 valence electrons. The van der Waals surface area contributed by atoms with E-state index in [-0.39, 0.29) is 6.54 Å². The molecule has 0 radical (unpaired) electrons. The van der Waals surface area contributed by atoms with Crippen molar-refractivity contribution in [1.82, 2.24) is 20.2 Å². The lowest BCUT2D eigenvalue weighted by Crippen LogP contribution is -2.25. The SMILES string of the molecule is CCC(Cc1ccccc1)=NNC(=O)Cn1cnc([N+](=O)[O-])n1. The minimum absolute atomic E-state index is 0.188. The summed E-state index contributed by atoms with van der Waals surface area (Å²) in [6.07, 6.45) is 2.47. The van der Waals surface area contributed by atoms with Crippen molar-refractivity contribution in [1.29, 1.82) is 0 Å². The predicted molar refractivity (Wildman–Crippen MR) is 82.7 cm³/mol. The molecule has 0 saturated heterocycles. The van der Waals surface area contributed by atoms with Crippen LogP contribution in [-0.4, -0.2) is 31.3 Å². The molecule has 2 aromatic rings. The fraction of sp³-hybridized carbons (Fsp3) is 0.286. The van der Waals surface area contributed by atoms with E-state index in [1.807, 2.05) is 37.3 Å². The number of benzene rings is 1. The Balaban J connectivity index is 1.91. The minimum Gasteiger partial charge on any atom is -0.390 e. The van der Waals surface area contributed by atoms with Gasteiger partial charge in [0.15, 0.2) is 0 Å². The average Bonchev–Trinajstić information content (AvgIpc) is 3.01. The van der Waals surface area contributed by atoms with Crippen molar-refractivity contribution in [2.24, 2.45) is 5.10 Å². The highest BCUT2D eigenvalue weighted by molar-refractivity contribution is 5.87. The van der Waals surface area contributed by atoms with Crippen LogP contribution in [0.25, 0.3) is 0 Å². The van der Waals surface area contributed by atoms with Crippen LogP contribution in [0, 0.1) is 10.1 Å². The molecule has 1 N–H and O–H groups in total. The zero-order valence-corrected chi connectivity index (χ0v) is 12.5. The second-order valence-corrected chi connectivity index (χ2v) is 4.73. The molecule has 0 saturated carbocycles. The number of hydrogen-bond donors (Lipinski definition) is 1. The Labute approximate surface area is 132 Å². The van der Waals surface area contributed by atoms with E-state index in [0.717, 1.165) is 22.3 Å². The van der Waals surface area contributed by atoms with E-state index in [0.29, 0.717) is 12.8 Å². The van der Waals surface area contributed by atoms with Crippen molar-refractivity contribution in [2.45, 2.75) is 26.3 Å². The first kappa shape index (κ1) is 16.3. The normalized spacial score (nSPS) is 11.3. The first-order chi connectivity index (χ1) is 11.1. The van der Waals surface area contributed by atoms with E-state index in [9.17, 15) is 14.9 Å². The van der Waals surface area contributed by atoms with Crippen LogP contribution < -0.4 is 5.43 Å². The third-order valence-electron chi connectivity index (χ3n) is 2.99. The second kappa shape index (κ2) is 7.78. The van der Waals surface area contributed by atoms with Gasteiger partial charge in [-0.15, -0.1) is 0 Å². The van der Waals surface area contributed by atoms with Crippen LogP contribution in [0.3, 0.4) is 0 Å². The maximum absolute atomic E-state index is 11.8. The third kappa shape index (κ3) is 4.99. The molecule has 1 heterocycles. The van der Waals surface area contributed by atoms with Gasteiger partial charge in [0.25, 0.3) is 5.91 Å². The van der Waals surface area contributed by atoms with Crippen LogP contribution in [0.5, 0.6) is 0 Å². The molecular weight excluding hydrogens is 300 g/mol. The lowest BCUT2D eigenvalue weighted by molar-refractivity contribution is -0.394. The molecule has 0 fully saturated rings. The number of hydrogen-bond acceptors (Lipinski definition) is 6. The Hall–Kier alpha value is -3.10. The lowest BCUT2D eigenvalue weighted by atomic mass is 10.1. The monoisotopic (exact) mass is 316 g/mol. The summed E-state index contributed by atoms with van der Waals surface area (Å²) in [5, 5.41) is 18.1. The summed E-state index contributed by atoms with van der Waals surface area (Å²) in [7, 11) is 0. The molecule has 23 heavy (non-hydrogen) atoms. The van der Waals surface area contributed by atoms with Gasteiger partial charge in [0.05, 0.1) is 0 Å². The minimum atomic E-state index is -0.721. The molecule has 0 aliphatic heterocycles. The van der Waals surface area contributed by atoms with Crippen LogP contribution in [-0.2, 0) is 17.8 Å². The van der Waals surface area contributed by atoms with E-state index in [1.165, 1.54) is 0 Å². The van der Waals surface area contributed by atoms with Gasteiger partial charge in [0.2, 0.25) is 6.33 Å². The number of hydrazone groups is 1. The van der Waals surface area contributed by atoms with E-state index in [2.05, 4.69) is 20.6 Å². The van der Waals surface area contributed by atoms with Gasteiger partial charge < -0.3 is 10.1 Å². The van der Waals surface area contributed by atoms with Gasteiger partial charge >= 0.3 is 5.95 Å². The molecule has 9 heteroatoms. The van der Waals surface area contributed by atoms with Gasteiger partial charge in [-0.3, -0.25) is 4.79 Å². The standard InChI is InChI=1S/C14H16N6O3/c1-2-12(8-11-6-4-3-5-7-11)16-17-13(21)9-19-10-15-14(18-19)20(22)23/h3-7,10H,2,8-9H2,1H3,(H,17,21). The summed E-state index contributed by atoms with van der Waals surface area (Å²) in [6.45, 7) is 1.77. The molecule has 1 amide bonds. The fourth-order valence-electron chi connectivity index (χ4n) is 1.84. The summed E-state index contributed by atoms with van der Waals surface area (Å²) in [5.41, 5.74) is 4.37. The van der Waals surface area contributed by atoms with E-state index in [1.54, 1.807) is 0 Å². The zero-order valence-electron chi connectivity index (χ0n) is 12.5. The van der Waals surface area contributed by atoms with E-state index >= 15 is 0 Å². The number of carbonyl (C=O) groups excluding carboxylic acids is 1. The Morgan fingerprint density at radius 3 is 2.74 bits per heavy atom. The molecule has 0 atom stereocenters. The average molecular weight is 316 g/mol. The number of amides is 1. The van der Waals surface area contributed by atoms with Gasteiger partial charge in [-0.05, 0) is 16.9 Å². The van der Waals surface area contributed by atoms with Crippen LogP contribution in [0.15, 0.2) is 41.8 Å². The number of aromatic nitrogens is 3.